The predicted octanol–water partition coefficient (Wildman–Crippen LogP) is 1.30. The molecule has 1 aliphatic carbocycles. The van der Waals surface area contributed by atoms with Crippen molar-refractivity contribution in [2.24, 2.45) is 5.16 Å². The Morgan fingerprint density at radius 2 is 2.24 bits per heavy atom. The second-order valence-corrected chi connectivity index (χ2v) is 9.85. The fraction of sp³-hybridized carbons (Fsp3) is 0.400. The number of carbonyl (C=O) groups is 4. The Morgan fingerprint density at radius 3 is 2.94 bits per heavy atom. The molecule has 4 rings (SSSR count). The number of oxime groups is 1. The molecule has 3 N–H and O–H groups in total. The molecular formula is C20H21N5O6S2. The largest absolute Gasteiger partial charge is 0.477 e. The van der Waals surface area contributed by atoms with Crippen LogP contribution in [0.2, 0.25) is 0 Å². The number of hydrogen-bond acceptors (Lipinski definition) is 9. The Labute approximate surface area is 196 Å². The van der Waals surface area contributed by atoms with Gasteiger partial charge in [-0.05, 0) is 38.3 Å². The van der Waals surface area contributed by atoms with Crippen molar-refractivity contribution < 1.29 is 29.1 Å². The van der Waals surface area contributed by atoms with Crippen LogP contribution in [0.4, 0.5) is 5.13 Å². The van der Waals surface area contributed by atoms with Gasteiger partial charge in [0.25, 0.3) is 11.8 Å². The van der Waals surface area contributed by atoms with Gasteiger partial charge in [-0.1, -0.05) is 11.2 Å². The number of allylic oxidation sites excluding steroid dienone is 1. The van der Waals surface area contributed by atoms with Crippen LogP contribution in [0, 0.1) is 0 Å². The topological polar surface area (TPSA) is 150 Å². The van der Waals surface area contributed by atoms with E-state index in [0.717, 1.165) is 30.6 Å². The third-order valence-electron chi connectivity index (χ3n) is 5.19. The van der Waals surface area contributed by atoms with Crippen LogP contribution >= 0.6 is 23.1 Å². The summed E-state index contributed by atoms with van der Waals surface area (Å²) < 4.78 is 0. The molecule has 33 heavy (non-hydrogen) atoms. The second-order valence-electron chi connectivity index (χ2n) is 7.49. The quantitative estimate of drug-likeness (QED) is 0.162. The zero-order valence-electron chi connectivity index (χ0n) is 17.5. The number of carbonyl (C=O) groups excluding carboxylic acids is 3. The van der Waals surface area contributed by atoms with Crippen molar-refractivity contribution in [1.29, 1.82) is 0 Å². The molecule has 13 heteroatoms. The molecule has 1 saturated heterocycles. The van der Waals surface area contributed by atoms with Gasteiger partial charge in [0.2, 0.25) is 6.41 Å². The molecule has 3 heterocycles. The van der Waals surface area contributed by atoms with Crippen molar-refractivity contribution >= 4 is 58.1 Å². The summed E-state index contributed by atoms with van der Waals surface area (Å²) in [6.07, 6.45) is 8.19. The molecule has 3 amide bonds. The summed E-state index contributed by atoms with van der Waals surface area (Å²) in [5.74, 6) is -2.40. The third kappa shape index (κ3) is 4.78. The van der Waals surface area contributed by atoms with E-state index in [4.69, 9.17) is 4.84 Å². The van der Waals surface area contributed by atoms with Crippen molar-refractivity contribution in [2.45, 2.75) is 49.0 Å². The second kappa shape index (κ2) is 9.75. The van der Waals surface area contributed by atoms with Crippen molar-refractivity contribution in [1.82, 2.24) is 15.2 Å². The molecule has 3 aliphatic rings. The lowest BCUT2D eigenvalue weighted by Crippen LogP contribution is -2.71. The van der Waals surface area contributed by atoms with Gasteiger partial charge in [-0.15, -0.1) is 23.1 Å². The van der Waals surface area contributed by atoms with E-state index >= 15 is 0 Å². The predicted molar refractivity (Wildman–Crippen MR) is 122 cm³/mol. The van der Waals surface area contributed by atoms with E-state index in [2.05, 4.69) is 20.8 Å². The molecule has 0 spiro atoms. The minimum absolute atomic E-state index is 0.0906. The number of aromatic nitrogens is 1. The van der Waals surface area contributed by atoms with Gasteiger partial charge in [0.1, 0.15) is 28.9 Å². The van der Waals surface area contributed by atoms with Crippen LogP contribution in [0.25, 0.3) is 0 Å². The number of aliphatic carboxylic acids is 1. The molecule has 1 aromatic heterocycles. The van der Waals surface area contributed by atoms with Gasteiger partial charge in [-0.3, -0.25) is 19.3 Å². The molecule has 0 aromatic carbocycles. The first-order chi connectivity index (χ1) is 15.9. The summed E-state index contributed by atoms with van der Waals surface area (Å²) in [5.41, 5.74) is -0.0496. The Balaban J connectivity index is 1.54. The smallest absolute Gasteiger partial charge is 0.352 e. The summed E-state index contributed by atoms with van der Waals surface area (Å²) in [6.45, 7) is 1.82. The van der Waals surface area contributed by atoms with E-state index in [1.165, 1.54) is 22.7 Å². The highest BCUT2D eigenvalue weighted by atomic mass is 32.2. The zero-order valence-corrected chi connectivity index (χ0v) is 19.1. The summed E-state index contributed by atoms with van der Waals surface area (Å²) in [7, 11) is 0. The van der Waals surface area contributed by atoms with E-state index in [0.29, 0.717) is 6.41 Å². The van der Waals surface area contributed by atoms with Gasteiger partial charge in [-0.2, -0.15) is 0 Å². The maximum absolute atomic E-state index is 13.1. The van der Waals surface area contributed by atoms with Crippen LogP contribution in [-0.2, 0) is 24.0 Å². The number of nitrogens with zero attached hydrogens (tertiary/aromatic N) is 3. The monoisotopic (exact) mass is 491 g/mol. The first kappa shape index (κ1) is 23.0. The third-order valence-corrected chi connectivity index (χ3v) is 7.29. The number of rotatable bonds is 8. The van der Waals surface area contributed by atoms with E-state index in [-0.39, 0.29) is 33.6 Å². The number of anilines is 1. The van der Waals surface area contributed by atoms with Crippen LogP contribution in [0.15, 0.2) is 34.5 Å². The molecular weight excluding hydrogens is 470 g/mol. The Morgan fingerprint density at radius 1 is 1.42 bits per heavy atom. The number of β-lactam (4-membered cyclic amide) rings is 1. The fourth-order valence-corrected chi connectivity index (χ4v) is 5.61. The maximum Gasteiger partial charge on any atom is 0.352 e. The van der Waals surface area contributed by atoms with Crippen molar-refractivity contribution in [2.75, 3.05) is 5.32 Å². The number of thioether (sulfide) groups is 1. The molecule has 11 nitrogen and oxygen atoms in total. The van der Waals surface area contributed by atoms with Crippen LogP contribution < -0.4 is 10.6 Å². The Kier molecular flexibility index (Phi) is 6.79. The zero-order chi connectivity index (χ0) is 23.5. The molecule has 2 aliphatic heterocycles. The van der Waals surface area contributed by atoms with Crippen molar-refractivity contribution in [3.63, 3.8) is 0 Å². The molecule has 0 radical (unpaired) electrons. The molecule has 1 fully saturated rings. The molecule has 0 saturated carbocycles. The minimum Gasteiger partial charge on any atom is -0.477 e. The number of thiazole rings is 1. The number of amides is 3. The van der Waals surface area contributed by atoms with Gasteiger partial charge >= 0.3 is 5.97 Å². The first-order valence-corrected chi connectivity index (χ1v) is 12.0. The van der Waals surface area contributed by atoms with Crippen molar-refractivity contribution in [3.8, 4) is 0 Å². The number of fused-ring (bicyclic) bond motifs is 1. The molecule has 0 bridgehead atoms. The minimum atomic E-state index is -1.20. The lowest BCUT2D eigenvalue weighted by Gasteiger charge is -2.49. The lowest BCUT2D eigenvalue weighted by atomic mass is 10.0. The number of hydrogen-bond donors (Lipinski definition) is 3. The normalized spacial score (nSPS) is 26.6. The maximum atomic E-state index is 13.1. The van der Waals surface area contributed by atoms with Gasteiger partial charge in [0, 0.05) is 10.6 Å². The summed E-state index contributed by atoms with van der Waals surface area (Å²) in [5, 5.41) is 19.6. The highest BCUT2D eigenvalue weighted by Crippen LogP contribution is 2.40. The average molecular weight is 492 g/mol. The number of carboxylic acids is 1. The summed E-state index contributed by atoms with van der Waals surface area (Å²) >= 11 is 2.48. The molecule has 174 valence electrons. The van der Waals surface area contributed by atoms with Crippen LogP contribution in [0.5, 0.6) is 0 Å². The SMILES string of the molecule is CC1C=C(C(=O)O)N2C(=O)C(NC(=O)C(=NOC3C=CCCC3)c3csc(NC=O)n3)[C@@H]2S1. The van der Waals surface area contributed by atoms with Gasteiger partial charge < -0.3 is 20.6 Å². The van der Waals surface area contributed by atoms with Gasteiger partial charge in [0.15, 0.2) is 10.8 Å². The van der Waals surface area contributed by atoms with Crippen LogP contribution in [0.1, 0.15) is 31.9 Å². The Bertz CT molecular complexity index is 1070. The highest BCUT2D eigenvalue weighted by Gasteiger charge is 2.54. The van der Waals surface area contributed by atoms with E-state index in [9.17, 15) is 24.3 Å². The average Bonchev–Trinajstić information content (AvgIpc) is 3.26. The lowest BCUT2D eigenvalue weighted by molar-refractivity contribution is -0.150. The molecule has 1 aromatic rings. The number of carboxylic acid groups (broad SMARTS) is 1. The van der Waals surface area contributed by atoms with E-state index < -0.39 is 29.2 Å². The highest BCUT2D eigenvalue weighted by molar-refractivity contribution is 8.00. The van der Waals surface area contributed by atoms with Crippen LogP contribution in [0.3, 0.4) is 0 Å². The fourth-order valence-electron chi connectivity index (χ4n) is 3.63. The standard InChI is InChI=1S/C20H21N5O6S2/c1-10-7-13(19(29)30)25-17(28)15(18(25)33-10)23-16(27)14(12-8-32-20(22-12)21-9-26)24-31-11-5-3-2-4-6-11/h3,5,7-11,15,18H,2,4,6H2,1H3,(H,23,27)(H,29,30)(H,21,22,26)/t10?,11?,15?,18-/m0/s1. The van der Waals surface area contributed by atoms with E-state index in [1.807, 2.05) is 19.1 Å². The van der Waals surface area contributed by atoms with Crippen molar-refractivity contribution in [3.05, 3.63) is 35.0 Å². The van der Waals surface area contributed by atoms with E-state index in [1.54, 1.807) is 5.38 Å². The van der Waals surface area contributed by atoms with Gasteiger partial charge in [-0.25, -0.2) is 9.78 Å². The summed E-state index contributed by atoms with van der Waals surface area (Å²) in [4.78, 5) is 58.9. The number of nitrogens with one attached hydrogen (secondary N) is 2. The van der Waals surface area contributed by atoms with Gasteiger partial charge in [0.05, 0.1) is 0 Å². The first-order valence-electron chi connectivity index (χ1n) is 10.2. The summed E-state index contributed by atoms with van der Waals surface area (Å²) in [6, 6.07) is -0.918. The van der Waals surface area contributed by atoms with Crippen LogP contribution in [-0.4, -0.2) is 67.7 Å². The molecule has 3 unspecified atom stereocenters. The Hall–Kier alpha value is -3.19. The molecule has 4 atom stereocenters.